The Labute approximate surface area is 195 Å². The van der Waals surface area contributed by atoms with Crippen LogP contribution < -0.4 is 0 Å². The number of benzene rings is 2. The lowest BCUT2D eigenvalue weighted by Crippen LogP contribution is -2.49. The first-order chi connectivity index (χ1) is 15.2. The molecule has 1 atom stereocenters. The van der Waals surface area contributed by atoms with Crippen LogP contribution in [0.5, 0.6) is 0 Å². The molecule has 1 amide bonds. The standard InChI is InChI=1S/C27H31ClN2O2/c1-19-23(18-24(32-19)27(2,3)4)26(31)30-16-14-29(15-17-30)25(20-8-6-5-7-9-20)21-10-12-22(28)13-11-21/h5-13,18,25H,14-17H2,1-4H3/t25-/m1/s1. The fourth-order valence-corrected chi connectivity index (χ4v) is 4.44. The van der Waals surface area contributed by atoms with Crippen molar-refractivity contribution in [3.63, 3.8) is 0 Å². The van der Waals surface area contributed by atoms with Gasteiger partial charge in [0.2, 0.25) is 0 Å². The average molecular weight is 451 g/mol. The molecule has 0 N–H and O–H groups in total. The summed E-state index contributed by atoms with van der Waals surface area (Å²) in [5, 5.41) is 0.737. The predicted molar refractivity (Wildman–Crippen MR) is 129 cm³/mol. The number of piperazine rings is 1. The van der Waals surface area contributed by atoms with Gasteiger partial charge in [0, 0.05) is 36.6 Å². The molecule has 1 aliphatic rings. The minimum Gasteiger partial charge on any atom is -0.465 e. The third-order valence-corrected chi connectivity index (χ3v) is 6.41. The zero-order valence-corrected chi connectivity index (χ0v) is 20.0. The van der Waals surface area contributed by atoms with Crippen molar-refractivity contribution in [1.82, 2.24) is 9.80 Å². The summed E-state index contributed by atoms with van der Waals surface area (Å²) in [7, 11) is 0. The van der Waals surface area contributed by atoms with Gasteiger partial charge >= 0.3 is 0 Å². The van der Waals surface area contributed by atoms with Gasteiger partial charge in [-0.1, -0.05) is 74.8 Å². The Morgan fingerprint density at radius 3 is 2.09 bits per heavy atom. The van der Waals surface area contributed by atoms with Crippen molar-refractivity contribution in [3.05, 3.63) is 93.9 Å². The van der Waals surface area contributed by atoms with Crippen LogP contribution in [0.15, 0.2) is 65.1 Å². The highest BCUT2D eigenvalue weighted by Crippen LogP contribution is 2.31. The molecule has 0 saturated carbocycles. The SMILES string of the molecule is Cc1oc(C(C)(C)C)cc1C(=O)N1CCN([C@H](c2ccccc2)c2ccc(Cl)cc2)CC1. The van der Waals surface area contributed by atoms with Crippen LogP contribution in [0.3, 0.4) is 0 Å². The van der Waals surface area contributed by atoms with E-state index < -0.39 is 0 Å². The smallest absolute Gasteiger partial charge is 0.257 e. The van der Waals surface area contributed by atoms with Crippen LogP contribution in [-0.4, -0.2) is 41.9 Å². The van der Waals surface area contributed by atoms with Gasteiger partial charge in [0.25, 0.3) is 5.91 Å². The number of carbonyl (C=O) groups excluding carboxylic acids is 1. The van der Waals surface area contributed by atoms with Crippen molar-refractivity contribution < 1.29 is 9.21 Å². The summed E-state index contributed by atoms with van der Waals surface area (Å²) in [4.78, 5) is 17.6. The van der Waals surface area contributed by atoms with E-state index in [2.05, 4.69) is 62.1 Å². The van der Waals surface area contributed by atoms with Gasteiger partial charge in [0.1, 0.15) is 11.5 Å². The van der Waals surface area contributed by atoms with Crippen LogP contribution in [0.25, 0.3) is 0 Å². The summed E-state index contributed by atoms with van der Waals surface area (Å²) in [5.41, 5.74) is 3.01. The lowest BCUT2D eigenvalue weighted by Gasteiger charge is -2.39. The van der Waals surface area contributed by atoms with E-state index in [1.54, 1.807) is 0 Å². The van der Waals surface area contributed by atoms with Crippen molar-refractivity contribution in [3.8, 4) is 0 Å². The van der Waals surface area contributed by atoms with E-state index in [-0.39, 0.29) is 17.4 Å². The minimum atomic E-state index is -0.122. The summed E-state index contributed by atoms with van der Waals surface area (Å²) in [6.07, 6.45) is 0. The number of aryl methyl sites for hydroxylation is 1. The molecule has 2 aromatic carbocycles. The van der Waals surface area contributed by atoms with Crippen molar-refractivity contribution in [2.75, 3.05) is 26.2 Å². The third-order valence-electron chi connectivity index (χ3n) is 6.16. The number of rotatable bonds is 4. The van der Waals surface area contributed by atoms with E-state index >= 15 is 0 Å². The quantitative estimate of drug-likeness (QED) is 0.482. The number of halogens is 1. The molecule has 1 fully saturated rings. The summed E-state index contributed by atoms with van der Waals surface area (Å²) in [6.45, 7) is 11.1. The maximum Gasteiger partial charge on any atom is 0.257 e. The molecule has 1 aromatic heterocycles. The molecule has 0 aliphatic carbocycles. The van der Waals surface area contributed by atoms with Crippen molar-refractivity contribution in [1.29, 1.82) is 0 Å². The Morgan fingerprint density at radius 1 is 0.938 bits per heavy atom. The number of hydrogen-bond acceptors (Lipinski definition) is 3. The normalized spacial score (nSPS) is 16.2. The fraction of sp³-hybridized carbons (Fsp3) is 0.370. The molecule has 1 saturated heterocycles. The molecule has 4 nitrogen and oxygen atoms in total. The number of nitrogens with zero attached hydrogens (tertiary/aromatic N) is 2. The van der Waals surface area contributed by atoms with Gasteiger partial charge in [-0.3, -0.25) is 9.69 Å². The third kappa shape index (κ3) is 4.77. The summed E-state index contributed by atoms with van der Waals surface area (Å²) >= 11 is 6.14. The maximum atomic E-state index is 13.2. The molecule has 5 heteroatoms. The second-order valence-corrected chi connectivity index (χ2v) is 9.96. The Balaban J connectivity index is 1.52. The lowest BCUT2D eigenvalue weighted by atomic mass is 9.93. The molecule has 4 rings (SSSR count). The van der Waals surface area contributed by atoms with Crippen LogP contribution in [0, 0.1) is 6.92 Å². The second-order valence-electron chi connectivity index (χ2n) is 9.52. The zero-order valence-electron chi connectivity index (χ0n) is 19.3. The Morgan fingerprint density at radius 2 is 1.53 bits per heavy atom. The summed E-state index contributed by atoms with van der Waals surface area (Å²) in [6, 6.07) is 20.7. The van der Waals surface area contributed by atoms with E-state index in [0.717, 1.165) is 23.9 Å². The first-order valence-electron chi connectivity index (χ1n) is 11.2. The van der Waals surface area contributed by atoms with Gasteiger partial charge in [0.05, 0.1) is 11.6 Å². The highest BCUT2D eigenvalue weighted by Gasteiger charge is 2.31. The predicted octanol–water partition coefficient (Wildman–Crippen LogP) is 6.09. The second kappa shape index (κ2) is 9.13. The van der Waals surface area contributed by atoms with Gasteiger partial charge in [-0.25, -0.2) is 0 Å². The molecule has 3 aromatic rings. The number of carbonyl (C=O) groups is 1. The van der Waals surface area contributed by atoms with E-state index in [1.807, 2.05) is 36.1 Å². The number of hydrogen-bond donors (Lipinski definition) is 0. The van der Waals surface area contributed by atoms with Gasteiger partial charge in [0.15, 0.2) is 0 Å². The fourth-order valence-electron chi connectivity index (χ4n) is 4.31. The Hall–Kier alpha value is -2.56. The molecule has 168 valence electrons. The van der Waals surface area contributed by atoms with Gasteiger partial charge < -0.3 is 9.32 Å². The topological polar surface area (TPSA) is 36.7 Å². The van der Waals surface area contributed by atoms with Gasteiger partial charge in [-0.15, -0.1) is 0 Å². The molecule has 2 heterocycles. The molecule has 0 radical (unpaired) electrons. The summed E-state index contributed by atoms with van der Waals surface area (Å²) < 4.78 is 5.91. The molecular formula is C27H31ClN2O2. The number of furan rings is 1. The molecule has 0 unspecified atom stereocenters. The molecule has 0 spiro atoms. The molecule has 0 bridgehead atoms. The minimum absolute atomic E-state index is 0.0594. The Kier molecular flexibility index (Phi) is 6.45. The zero-order chi connectivity index (χ0) is 22.9. The van der Waals surface area contributed by atoms with E-state index in [9.17, 15) is 4.79 Å². The number of amides is 1. The maximum absolute atomic E-state index is 13.2. The first kappa shape index (κ1) is 22.6. The largest absolute Gasteiger partial charge is 0.465 e. The van der Waals surface area contributed by atoms with Gasteiger partial charge in [-0.2, -0.15) is 0 Å². The van der Waals surface area contributed by atoms with Crippen LogP contribution in [0.1, 0.15) is 59.8 Å². The van der Waals surface area contributed by atoms with Crippen molar-refractivity contribution in [2.45, 2.75) is 39.2 Å². The molecule has 1 aliphatic heterocycles. The van der Waals surface area contributed by atoms with Crippen LogP contribution in [0.2, 0.25) is 5.02 Å². The van der Waals surface area contributed by atoms with E-state index in [0.29, 0.717) is 24.4 Å². The van der Waals surface area contributed by atoms with Crippen LogP contribution in [0.4, 0.5) is 0 Å². The average Bonchev–Trinajstić information content (AvgIpc) is 3.18. The monoisotopic (exact) mass is 450 g/mol. The van der Waals surface area contributed by atoms with E-state index in [1.165, 1.54) is 11.1 Å². The molecular weight excluding hydrogens is 420 g/mol. The highest BCUT2D eigenvalue weighted by molar-refractivity contribution is 6.30. The van der Waals surface area contributed by atoms with Crippen LogP contribution in [-0.2, 0) is 5.41 Å². The lowest BCUT2D eigenvalue weighted by molar-refractivity contribution is 0.0595. The van der Waals surface area contributed by atoms with Crippen LogP contribution >= 0.6 is 11.6 Å². The first-order valence-corrected chi connectivity index (χ1v) is 11.6. The van der Waals surface area contributed by atoms with Crippen molar-refractivity contribution in [2.24, 2.45) is 0 Å². The van der Waals surface area contributed by atoms with Gasteiger partial charge in [-0.05, 0) is 36.2 Å². The summed E-state index contributed by atoms with van der Waals surface area (Å²) in [5.74, 6) is 1.61. The Bertz CT molecular complexity index is 1060. The van der Waals surface area contributed by atoms with Crippen molar-refractivity contribution >= 4 is 17.5 Å². The molecule has 32 heavy (non-hydrogen) atoms. The van der Waals surface area contributed by atoms with E-state index in [4.69, 9.17) is 16.0 Å². The highest BCUT2D eigenvalue weighted by atomic mass is 35.5.